The Kier molecular flexibility index (Phi) is 5.88. The van der Waals surface area contributed by atoms with Crippen molar-refractivity contribution in [2.24, 2.45) is 0 Å². The van der Waals surface area contributed by atoms with Gasteiger partial charge in [0.2, 0.25) is 0 Å². The molecule has 0 aliphatic carbocycles. The Labute approximate surface area is 263 Å². The van der Waals surface area contributed by atoms with E-state index in [9.17, 15) is 0 Å². The Bertz CT molecular complexity index is 2170. The molecule has 0 N–H and O–H groups in total. The van der Waals surface area contributed by atoms with Crippen molar-refractivity contribution in [3.8, 4) is 22.5 Å². The van der Waals surface area contributed by atoms with Gasteiger partial charge in [0.25, 0.3) is 6.71 Å². The van der Waals surface area contributed by atoms with Gasteiger partial charge >= 0.3 is 0 Å². The third-order valence-electron chi connectivity index (χ3n) is 8.97. The number of hydrogen-bond acceptors (Lipinski definition) is 4. The zero-order chi connectivity index (χ0) is 29.7. The van der Waals surface area contributed by atoms with E-state index in [4.69, 9.17) is 0 Å². The van der Waals surface area contributed by atoms with Crippen LogP contribution >= 0.6 is 0 Å². The number of hydrogen-bond donors (Lipinski definition) is 0. The van der Waals surface area contributed by atoms with Crippen molar-refractivity contribution in [2.45, 2.75) is 0 Å². The van der Waals surface area contributed by atoms with Gasteiger partial charge in [0.1, 0.15) is 0 Å². The number of benzene rings is 6. The summed E-state index contributed by atoms with van der Waals surface area (Å²) in [5.74, 6) is 0.730. The number of nitrogens with zero attached hydrogens (tertiary/aromatic N) is 4. The van der Waals surface area contributed by atoms with Gasteiger partial charge in [-0.2, -0.15) is 0 Å². The van der Waals surface area contributed by atoms with E-state index in [1.807, 2.05) is 6.07 Å². The van der Waals surface area contributed by atoms with Crippen LogP contribution in [0.2, 0.25) is 0 Å². The highest BCUT2D eigenvalue weighted by molar-refractivity contribution is 7.00. The Morgan fingerprint density at radius 3 is 1.71 bits per heavy atom. The van der Waals surface area contributed by atoms with Crippen molar-refractivity contribution >= 4 is 57.2 Å². The van der Waals surface area contributed by atoms with E-state index in [1.54, 1.807) is 12.4 Å². The van der Waals surface area contributed by atoms with E-state index in [0.717, 1.165) is 28.3 Å². The van der Waals surface area contributed by atoms with E-state index in [-0.39, 0.29) is 6.71 Å². The maximum absolute atomic E-state index is 4.46. The molecule has 1 aromatic heterocycles. The molecule has 9 rings (SSSR count). The molecule has 0 saturated heterocycles. The first-order valence-electron chi connectivity index (χ1n) is 15.3. The monoisotopic (exact) mass is 574 g/mol. The Morgan fingerprint density at radius 2 is 0.978 bits per heavy atom. The predicted octanol–water partition coefficient (Wildman–Crippen LogP) is 7.89. The van der Waals surface area contributed by atoms with Gasteiger partial charge < -0.3 is 9.80 Å². The summed E-state index contributed by atoms with van der Waals surface area (Å²) in [4.78, 5) is 13.8. The summed E-state index contributed by atoms with van der Waals surface area (Å²) < 4.78 is 0. The largest absolute Gasteiger partial charge is 0.311 e. The van der Waals surface area contributed by atoms with Crippen molar-refractivity contribution in [1.29, 1.82) is 0 Å². The van der Waals surface area contributed by atoms with Crippen LogP contribution in [-0.2, 0) is 0 Å². The Morgan fingerprint density at radius 1 is 0.422 bits per heavy atom. The molecule has 3 heterocycles. The van der Waals surface area contributed by atoms with Gasteiger partial charge in [0.15, 0.2) is 5.82 Å². The van der Waals surface area contributed by atoms with Crippen LogP contribution < -0.4 is 26.2 Å². The van der Waals surface area contributed by atoms with Crippen molar-refractivity contribution in [3.63, 3.8) is 0 Å². The van der Waals surface area contributed by atoms with Crippen LogP contribution in [0, 0.1) is 0 Å². The molecule has 0 bridgehead atoms. The average molecular weight is 574 g/mol. The second kappa shape index (κ2) is 10.4. The standard InChI is InChI=1S/C40H27BN4/c1-3-12-30(13-4-1)44-35-19-8-7-17-33(35)41-34-18-9-16-32(28-22-24-29(25-23-28)40-42-26-11-27-43-40)39(34)45(31-14-5-2-6-15-31)37-21-10-20-36(44)38(37)41/h1-27H. The molecule has 0 saturated carbocycles. The highest BCUT2D eigenvalue weighted by atomic mass is 15.2. The minimum absolute atomic E-state index is 0.0827. The second-order valence-corrected chi connectivity index (χ2v) is 11.4. The van der Waals surface area contributed by atoms with Gasteiger partial charge in [-0.05, 0) is 70.5 Å². The number of fused-ring (bicyclic) bond motifs is 4. The van der Waals surface area contributed by atoms with Gasteiger partial charge in [0, 0.05) is 57.6 Å². The maximum atomic E-state index is 4.46. The molecule has 0 fully saturated rings. The smallest absolute Gasteiger partial charge is 0.252 e. The fourth-order valence-electron chi connectivity index (χ4n) is 7.12. The summed E-state index contributed by atoms with van der Waals surface area (Å²) in [6.45, 7) is 0.0827. The second-order valence-electron chi connectivity index (χ2n) is 11.4. The lowest BCUT2D eigenvalue weighted by Gasteiger charge is -2.44. The highest BCUT2D eigenvalue weighted by Crippen LogP contribution is 2.46. The van der Waals surface area contributed by atoms with Crippen LogP contribution in [0.5, 0.6) is 0 Å². The lowest BCUT2D eigenvalue weighted by atomic mass is 9.33. The lowest BCUT2D eigenvalue weighted by molar-refractivity contribution is 1.18. The normalized spacial score (nSPS) is 12.8. The fraction of sp³-hybridized carbons (Fsp3) is 0. The third-order valence-corrected chi connectivity index (χ3v) is 8.97. The SMILES string of the molecule is c1ccc(N2c3ccccc3B3c4cccc(-c5ccc(-c6ncccn6)cc5)c4N(c4ccccc4)c4cccc2c43)cc1. The first-order valence-corrected chi connectivity index (χ1v) is 15.3. The summed E-state index contributed by atoms with van der Waals surface area (Å²) >= 11 is 0. The molecule has 45 heavy (non-hydrogen) atoms. The molecule has 4 nitrogen and oxygen atoms in total. The molecule has 210 valence electrons. The molecule has 0 amide bonds. The van der Waals surface area contributed by atoms with E-state index in [2.05, 4.69) is 165 Å². The Balaban J connectivity index is 1.31. The zero-order valence-electron chi connectivity index (χ0n) is 24.5. The molecule has 2 aliphatic rings. The predicted molar refractivity (Wildman–Crippen MR) is 187 cm³/mol. The Hall–Kier alpha value is -5.94. The maximum Gasteiger partial charge on any atom is 0.252 e. The topological polar surface area (TPSA) is 32.3 Å². The number of anilines is 6. The molecule has 0 spiro atoms. The molecule has 0 radical (unpaired) electrons. The number of aromatic nitrogens is 2. The molecular weight excluding hydrogens is 547 g/mol. The number of para-hydroxylation sites is 4. The van der Waals surface area contributed by atoms with E-state index in [0.29, 0.717) is 0 Å². The highest BCUT2D eigenvalue weighted by Gasteiger charge is 2.43. The molecule has 6 aromatic carbocycles. The fourth-order valence-corrected chi connectivity index (χ4v) is 7.12. The molecular formula is C40H27BN4. The molecule has 5 heteroatoms. The minimum atomic E-state index is 0.0827. The quantitative estimate of drug-likeness (QED) is 0.200. The van der Waals surface area contributed by atoms with Crippen LogP contribution in [0.1, 0.15) is 0 Å². The number of rotatable bonds is 4. The van der Waals surface area contributed by atoms with Gasteiger partial charge in [-0.1, -0.05) is 103 Å². The molecule has 7 aromatic rings. The summed E-state index contributed by atoms with van der Waals surface area (Å²) in [6.07, 6.45) is 3.57. The third kappa shape index (κ3) is 4.01. The first kappa shape index (κ1) is 25.6. The van der Waals surface area contributed by atoms with Crippen LogP contribution in [-0.4, -0.2) is 16.7 Å². The van der Waals surface area contributed by atoms with E-state index in [1.165, 1.54) is 44.7 Å². The zero-order valence-corrected chi connectivity index (χ0v) is 24.5. The van der Waals surface area contributed by atoms with Crippen LogP contribution in [0.25, 0.3) is 22.5 Å². The van der Waals surface area contributed by atoms with Crippen LogP contribution in [0.15, 0.2) is 164 Å². The van der Waals surface area contributed by atoms with Crippen molar-refractivity contribution < 1.29 is 0 Å². The minimum Gasteiger partial charge on any atom is -0.311 e. The van der Waals surface area contributed by atoms with E-state index < -0.39 is 0 Å². The van der Waals surface area contributed by atoms with E-state index >= 15 is 0 Å². The van der Waals surface area contributed by atoms with Crippen LogP contribution in [0.3, 0.4) is 0 Å². The lowest BCUT2D eigenvalue weighted by Crippen LogP contribution is -2.61. The van der Waals surface area contributed by atoms with Crippen LogP contribution in [0.4, 0.5) is 34.1 Å². The van der Waals surface area contributed by atoms with Gasteiger partial charge in [-0.3, -0.25) is 0 Å². The molecule has 2 aliphatic heterocycles. The molecule has 0 unspecified atom stereocenters. The van der Waals surface area contributed by atoms with Crippen molar-refractivity contribution in [2.75, 3.05) is 9.80 Å². The van der Waals surface area contributed by atoms with Gasteiger partial charge in [-0.15, -0.1) is 0 Å². The van der Waals surface area contributed by atoms with Gasteiger partial charge in [0.05, 0.1) is 0 Å². The average Bonchev–Trinajstić information content (AvgIpc) is 3.12. The summed E-state index contributed by atoms with van der Waals surface area (Å²) in [5.41, 5.74) is 14.4. The first-order chi connectivity index (χ1) is 22.4. The summed E-state index contributed by atoms with van der Waals surface area (Å²) in [5, 5.41) is 0. The summed E-state index contributed by atoms with van der Waals surface area (Å²) in [7, 11) is 0. The summed E-state index contributed by atoms with van der Waals surface area (Å²) in [6, 6.07) is 54.4. The van der Waals surface area contributed by atoms with Crippen molar-refractivity contribution in [1.82, 2.24) is 9.97 Å². The van der Waals surface area contributed by atoms with Gasteiger partial charge in [-0.25, -0.2) is 9.97 Å². The van der Waals surface area contributed by atoms with Crippen molar-refractivity contribution in [3.05, 3.63) is 164 Å². The molecule has 0 atom stereocenters.